The Labute approximate surface area is 120 Å². The van der Waals surface area contributed by atoms with Gasteiger partial charge in [-0.2, -0.15) is 5.10 Å². The maximum Gasteiger partial charge on any atom is 0.137 e. The second kappa shape index (κ2) is 5.37. The van der Waals surface area contributed by atoms with E-state index in [-0.39, 0.29) is 5.41 Å². The Kier molecular flexibility index (Phi) is 3.57. The van der Waals surface area contributed by atoms with E-state index in [1.807, 2.05) is 0 Å². The lowest BCUT2D eigenvalue weighted by Gasteiger charge is -2.40. The lowest BCUT2D eigenvalue weighted by atomic mass is 9.70. The van der Waals surface area contributed by atoms with E-state index < -0.39 is 0 Å². The topological polar surface area (TPSA) is 53.6 Å². The molecule has 3 rings (SSSR count). The molecular formula is C16H22N4. The fourth-order valence-corrected chi connectivity index (χ4v) is 3.14. The summed E-state index contributed by atoms with van der Waals surface area (Å²) >= 11 is 0. The number of rotatable bonds is 4. The largest absolute Gasteiger partial charge is 0.309 e. The average molecular weight is 270 g/mol. The summed E-state index contributed by atoms with van der Waals surface area (Å²) in [6.45, 7) is 5.63. The van der Waals surface area contributed by atoms with E-state index >= 15 is 0 Å². The summed E-state index contributed by atoms with van der Waals surface area (Å²) < 4.78 is 0. The van der Waals surface area contributed by atoms with Crippen molar-refractivity contribution in [1.29, 1.82) is 0 Å². The summed E-state index contributed by atoms with van der Waals surface area (Å²) in [6.07, 6.45) is 4.86. The highest BCUT2D eigenvalue weighted by Crippen LogP contribution is 2.43. The highest BCUT2D eigenvalue weighted by atomic mass is 15.2. The average Bonchev–Trinajstić information content (AvgIpc) is 2.94. The van der Waals surface area contributed by atoms with Crippen LogP contribution in [0.3, 0.4) is 0 Å². The summed E-state index contributed by atoms with van der Waals surface area (Å²) in [5.41, 5.74) is 3.24. The molecule has 0 amide bonds. The molecule has 0 aliphatic heterocycles. The van der Waals surface area contributed by atoms with E-state index in [4.69, 9.17) is 0 Å². The van der Waals surface area contributed by atoms with E-state index in [0.29, 0.717) is 6.04 Å². The van der Waals surface area contributed by atoms with Crippen LogP contribution in [0, 0.1) is 5.41 Å². The van der Waals surface area contributed by atoms with Crippen molar-refractivity contribution in [3.05, 3.63) is 47.5 Å². The van der Waals surface area contributed by atoms with Gasteiger partial charge in [-0.05, 0) is 29.4 Å². The van der Waals surface area contributed by atoms with Crippen LogP contribution in [0.5, 0.6) is 0 Å². The zero-order chi connectivity index (χ0) is 14.0. The zero-order valence-electron chi connectivity index (χ0n) is 12.2. The first kappa shape index (κ1) is 13.3. The van der Waals surface area contributed by atoms with Gasteiger partial charge in [-0.3, -0.25) is 5.10 Å². The lowest BCUT2D eigenvalue weighted by molar-refractivity contribution is 0.210. The van der Waals surface area contributed by atoms with Gasteiger partial charge in [-0.25, -0.2) is 4.98 Å². The highest BCUT2D eigenvalue weighted by Gasteiger charge is 2.35. The van der Waals surface area contributed by atoms with Gasteiger partial charge < -0.3 is 5.32 Å². The van der Waals surface area contributed by atoms with Crippen molar-refractivity contribution < 1.29 is 0 Å². The van der Waals surface area contributed by atoms with Crippen LogP contribution in [-0.4, -0.2) is 21.7 Å². The normalized spacial score (nSPS) is 20.6. The Balaban J connectivity index is 1.72. The van der Waals surface area contributed by atoms with Crippen LogP contribution in [0.4, 0.5) is 0 Å². The molecule has 4 heteroatoms. The monoisotopic (exact) mass is 270 g/mol. The molecule has 106 valence electrons. The van der Waals surface area contributed by atoms with E-state index in [9.17, 15) is 0 Å². The van der Waals surface area contributed by atoms with Crippen LogP contribution in [0.2, 0.25) is 0 Å². The van der Waals surface area contributed by atoms with Crippen LogP contribution < -0.4 is 5.32 Å². The molecule has 1 aliphatic rings. The van der Waals surface area contributed by atoms with Gasteiger partial charge in [-0.1, -0.05) is 38.1 Å². The summed E-state index contributed by atoms with van der Waals surface area (Å²) in [5.74, 6) is 0.944. The fourth-order valence-electron chi connectivity index (χ4n) is 3.14. The van der Waals surface area contributed by atoms with E-state index in [1.54, 1.807) is 6.33 Å². The van der Waals surface area contributed by atoms with Crippen molar-refractivity contribution in [2.24, 2.45) is 5.41 Å². The quantitative estimate of drug-likeness (QED) is 0.898. The minimum Gasteiger partial charge on any atom is -0.309 e. The summed E-state index contributed by atoms with van der Waals surface area (Å²) in [6, 6.07) is 9.22. The van der Waals surface area contributed by atoms with Crippen LogP contribution in [0.15, 0.2) is 30.6 Å². The van der Waals surface area contributed by atoms with Crippen molar-refractivity contribution in [3.63, 3.8) is 0 Å². The van der Waals surface area contributed by atoms with Crippen LogP contribution in [0.1, 0.15) is 43.3 Å². The molecule has 0 bridgehead atoms. The SMILES string of the molecule is CC1(C)CCc2ccccc2C1NCCc1ncn[nH]1. The Bertz CT molecular complexity index is 560. The Morgan fingerprint density at radius 3 is 3.00 bits per heavy atom. The number of benzene rings is 1. The highest BCUT2D eigenvalue weighted by molar-refractivity contribution is 5.34. The molecule has 1 heterocycles. The van der Waals surface area contributed by atoms with E-state index in [0.717, 1.165) is 18.8 Å². The number of aromatic amines is 1. The maximum atomic E-state index is 4.17. The number of nitrogens with zero attached hydrogens (tertiary/aromatic N) is 2. The van der Waals surface area contributed by atoms with Crippen molar-refractivity contribution in [2.45, 2.75) is 39.2 Å². The molecule has 0 saturated heterocycles. The second-order valence-electron chi connectivity index (χ2n) is 6.26. The number of hydrogen-bond donors (Lipinski definition) is 2. The van der Waals surface area contributed by atoms with Gasteiger partial charge >= 0.3 is 0 Å². The number of H-pyrrole nitrogens is 1. The molecule has 2 aromatic rings. The molecule has 1 atom stereocenters. The molecule has 0 spiro atoms. The van der Waals surface area contributed by atoms with Gasteiger partial charge in [0, 0.05) is 19.0 Å². The van der Waals surface area contributed by atoms with Gasteiger partial charge in [0.05, 0.1) is 0 Å². The third kappa shape index (κ3) is 2.61. The number of hydrogen-bond acceptors (Lipinski definition) is 3. The lowest BCUT2D eigenvalue weighted by Crippen LogP contribution is -2.39. The molecule has 0 fully saturated rings. The van der Waals surface area contributed by atoms with Crippen molar-refractivity contribution >= 4 is 0 Å². The molecule has 1 aromatic heterocycles. The van der Waals surface area contributed by atoms with Gasteiger partial charge in [0.1, 0.15) is 12.2 Å². The Morgan fingerprint density at radius 1 is 1.35 bits per heavy atom. The third-order valence-corrected chi connectivity index (χ3v) is 4.36. The van der Waals surface area contributed by atoms with Crippen molar-refractivity contribution in [2.75, 3.05) is 6.54 Å². The molecule has 0 radical (unpaired) electrons. The summed E-state index contributed by atoms with van der Waals surface area (Å²) in [4.78, 5) is 4.17. The minimum atomic E-state index is 0.287. The summed E-state index contributed by atoms with van der Waals surface area (Å²) in [7, 11) is 0. The summed E-state index contributed by atoms with van der Waals surface area (Å²) in [5, 5.41) is 10.5. The van der Waals surface area contributed by atoms with Gasteiger partial charge in [0.2, 0.25) is 0 Å². The Morgan fingerprint density at radius 2 is 2.20 bits per heavy atom. The number of fused-ring (bicyclic) bond motifs is 1. The van der Waals surface area contributed by atoms with Crippen LogP contribution in [0.25, 0.3) is 0 Å². The molecule has 1 aromatic carbocycles. The first-order valence-corrected chi connectivity index (χ1v) is 7.32. The van der Waals surface area contributed by atoms with Crippen LogP contribution >= 0.6 is 0 Å². The van der Waals surface area contributed by atoms with Crippen molar-refractivity contribution in [3.8, 4) is 0 Å². The molecule has 0 saturated carbocycles. The molecule has 4 nitrogen and oxygen atoms in total. The number of nitrogens with one attached hydrogen (secondary N) is 2. The predicted octanol–water partition coefficient (Wildman–Crippen LogP) is 2.65. The van der Waals surface area contributed by atoms with Gasteiger partial charge in [-0.15, -0.1) is 0 Å². The maximum absolute atomic E-state index is 4.17. The zero-order valence-corrected chi connectivity index (χ0v) is 12.2. The third-order valence-electron chi connectivity index (χ3n) is 4.36. The predicted molar refractivity (Wildman–Crippen MR) is 79.4 cm³/mol. The van der Waals surface area contributed by atoms with Gasteiger partial charge in [0.25, 0.3) is 0 Å². The Hall–Kier alpha value is -1.68. The molecule has 1 unspecified atom stereocenters. The van der Waals surface area contributed by atoms with Gasteiger partial charge in [0.15, 0.2) is 0 Å². The van der Waals surface area contributed by atoms with Crippen molar-refractivity contribution in [1.82, 2.24) is 20.5 Å². The fraction of sp³-hybridized carbons (Fsp3) is 0.500. The molecule has 2 N–H and O–H groups in total. The molecule has 20 heavy (non-hydrogen) atoms. The first-order chi connectivity index (χ1) is 9.67. The standard InChI is InChI=1S/C16H22N4/c1-16(2)9-7-12-5-3-4-6-13(12)15(16)17-10-8-14-18-11-19-20-14/h3-6,11,15,17H,7-10H2,1-2H3,(H,18,19,20). The molecule has 1 aliphatic carbocycles. The molecular weight excluding hydrogens is 248 g/mol. The smallest absolute Gasteiger partial charge is 0.137 e. The second-order valence-corrected chi connectivity index (χ2v) is 6.26. The van der Waals surface area contributed by atoms with E-state index in [1.165, 1.54) is 24.0 Å². The number of aromatic nitrogens is 3. The number of aryl methyl sites for hydroxylation is 1. The minimum absolute atomic E-state index is 0.287. The first-order valence-electron chi connectivity index (χ1n) is 7.32. The van der Waals surface area contributed by atoms with E-state index in [2.05, 4.69) is 58.6 Å². The van der Waals surface area contributed by atoms with Crippen LogP contribution in [-0.2, 0) is 12.8 Å².